The number of piperidine rings is 1. The van der Waals surface area contributed by atoms with Gasteiger partial charge in [-0.1, -0.05) is 6.42 Å². The van der Waals surface area contributed by atoms with Crippen LogP contribution in [-0.4, -0.2) is 50.3 Å². The Morgan fingerprint density at radius 1 is 1.08 bits per heavy atom. The van der Waals surface area contributed by atoms with Crippen LogP contribution in [0.5, 0.6) is 0 Å². The first kappa shape index (κ1) is 17.9. The number of sulfonamides is 1. The summed E-state index contributed by atoms with van der Waals surface area (Å²) in [4.78, 5) is 23.6. The summed E-state index contributed by atoms with van der Waals surface area (Å²) >= 11 is 0. The van der Waals surface area contributed by atoms with E-state index < -0.39 is 16.0 Å². The van der Waals surface area contributed by atoms with Gasteiger partial charge in [-0.3, -0.25) is 4.79 Å². The lowest BCUT2D eigenvalue weighted by Gasteiger charge is -2.25. The Hall–Kier alpha value is -1.93. The Kier molecular flexibility index (Phi) is 5.39. The zero-order valence-electron chi connectivity index (χ0n) is 13.9. The molecule has 7 nitrogen and oxygen atoms in total. The van der Waals surface area contributed by atoms with E-state index in [2.05, 4.69) is 5.32 Å². The van der Waals surface area contributed by atoms with Crippen LogP contribution < -0.4 is 5.32 Å². The van der Waals surface area contributed by atoms with E-state index in [1.54, 1.807) is 0 Å². The van der Waals surface area contributed by atoms with Gasteiger partial charge in [-0.25, -0.2) is 13.2 Å². The Labute approximate surface area is 147 Å². The molecule has 1 saturated carbocycles. The molecule has 136 valence electrons. The van der Waals surface area contributed by atoms with Gasteiger partial charge in [0.15, 0.2) is 6.61 Å². The van der Waals surface area contributed by atoms with Gasteiger partial charge in [0.25, 0.3) is 5.91 Å². The quantitative estimate of drug-likeness (QED) is 0.766. The number of amides is 1. The predicted octanol–water partition coefficient (Wildman–Crippen LogP) is 1.30. The normalized spacial score (nSPS) is 18.6. The maximum Gasteiger partial charge on any atom is 0.338 e. The molecular weight excluding hydrogens is 344 g/mol. The molecule has 1 aliphatic heterocycles. The molecule has 2 fully saturated rings. The molecule has 3 rings (SSSR count). The molecule has 8 heteroatoms. The van der Waals surface area contributed by atoms with Crippen molar-refractivity contribution in [1.82, 2.24) is 9.62 Å². The smallest absolute Gasteiger partial charge is 0.338 e. The van der Waals surface area contributed by atoms with E-state index in [1.165, 1.54) is 28.6 Å². The van der Waals surface area contributed by atoms with E-state index in [1.807, 2.05) is 0 Å². The molecule has 1 aliphatic carbocycles. The summed E-state index contributed by atoms with van der Waals surface area (Å²) in [6, 6.07) is 5.86. The Morgan fingerprint density at radius 2 is 1.72 bits per heavy atom. The lowest BCUT2D eigenvalue weighted by molar-refractivity contribution is -0.124. The highest BCUT2D eigenvalue weighted by atomic mass is 32.2. The van der Waals surface area contributed by atoms with Crippen LogP contribution in [0.3, 0.4) is 0 Å². The number of rotatable bonds is 6. The average molecular weight is 366 g/mol. The third kappa shape index (κ3) is 4.58. The van der Waals surface area contributed by atoms with Crippen LogP contribution in [-0.2, 0) is 19.6 Å². The molecule has 2 aliphatic rings. The van der Waals surface area contributed by atoms with Gasteiger partial charge in [-0.2, -0.15) is 4.31 Å². The maximum atomic E-state index is 12.5. The molecule has 0 atom stereocenters. The highest BCUT2D eigenvalue weighted by Crippen LogP contribution is 2.21. The topological polar surface area (TPSA) is 92.8 Å². The molecule has 0 unspecified atom stereocenters. The number of esters is 1. The number of hydrogen-bond donors (Lipinski definition) is 1. The van der Waals surface area contributed by atoms with Crippen molar-refractivity contribution in [3.05, 3.63) is 29.8 Å². The summed E-state index contributed by atoms with van der Waals surface area (Å²) < 4.78 is 31.5. The number of nitrogens with zero attached hydrogens (tertiary/aromatic N) is 1. The summed E-state index contributed by atoms with van der Waals surface area (Å²) in [6.45, 7) is 0.730. The predicted molar refractivity (Wildman–Crippen MR) is 90.5 cm³/mol. The molecule has 0 aromatic heterocycles. The van der Waals surface area contributed by atoms with E-state index in [0.717, 1.165) is 32.1 Å². The van der Waals surface area contributed by atoms with Gasteiger partial charge >= 0.3 is 5.97 Å². The van der Waals surface area contributed by atoms with Crippen molar-refractivity contribution in [3.8, 4) is 0 Å². The van der Waals surface area contributed by atoms with Crippen LogP contribution in [0.25, 0.3) is 0 Å². The minimum absolute atomic E-state index is 0.164. The molecule has 1 amide bonds. The van der Waals surface area contributed by atoms with Gasteiger partial charge in [0, 0.05) is 19.1 Å². The minimum atomic E-state index is -3.52. The monoisotopic (exact) mass is 366 g/mol. The number of benzene rings is 1. The van der Waals surface area contributed by atoms with Crippen LogP contribution >= 0.6 is 0 Å². The molecule has 25 heavy (non-hydrogen) atoms. The first-order valence-corrected chi connectivity index (χ1v) is 9.97. The molecule has 0 spiro atoms. The van der Waals surface area contributed by atoms with Crippen molar-refractivity contribution in [2.45, 2.75) is 43.0 Å². The van der Waals surface area contributed by atoms with Crippen LogP contribution in [0, 0.1) is 0 Å². The highest BCUT2D eigenvalue weighted by molar-refractivity contribution is 7.89. The Morgan fingerprint density at radius 3 is 2.32 bits per heavy atom. The molecule has 1 aromatic rings. The van der Waals surface area contributed by atoms with Gasteiger partial charge in [0.2, 0.25) is 10.0 Å². The molecular formula is C17H22N2O5S. The second kappa shape index (κ2) is 7.53. The third-order valence-corrected chi connectivity index (χ3v) is 6.23. The number of carbonyl (C=O) groups excluding carboxylic acids is 2. The fraction of sp³-hybridized carbons (Fsp3) is 0.529. The first-order chi connectivity index (χ1) is 12.0. The van der Waals surface area contributed by atoms with E-state index >= 15 is 0 Å². The molecule has 0 radical (unpaired) electrons. The number of hydrogen-bond acceptors (Lipinski definition) is 5. The maximum absolute atomic E-state index is 12.5. The largest absolute Gasteiger partial charge is 0.452 e. The number of nitrogens with one attached hydrogen (secondary N) is 1. The molecule has 1 heterocycles. The van der Waals surface area contributed by atoms with Crippen molar-refractivity contribution in [2.75, 3.05) is 19.7 Å². The molecule has 1 aromatic carbocycles. The van der Waals surface area contributed by atoms with Gasteiger partial charge in [-0.05, 0) is 49.9 Å². The molecule has 1 saturated heterocycles. The van der Waals surface area contributed by atoms with E-state index in [9.17, 15) is 18.0 Å². The van der Waals surface area contributed by atoms with Gasteiger partial charge < -0.3 is 10.1 Å². The van der Waals surface area contributed by atoms with Gasteiger partial charge in [-0.15, -0.1) is 0 Å². The Balaban J connectivity index is 1.58. The van der Waals surface area contributed by atoms with E-state index in [0.29, 0.717) is 13.1 Å². The fourth-order valence-electron chi connectivity index (χ4n) is 2.73. The van der Waals surface area contributed by atoms with Crippen LogP contribution in [0.1, 0.15) is 42.5 Å². The van der Waals surface area contributed by atoms with Crippen molar-refractivity contribution in [1.29, 1.82) is 0 Å². The second-order valence-corrected chi connectivity index (χ2v) is 8.34. The lowest BCUT2D eigenvalue weighted by atomic mass is 10.2. The lowest BCUT2D eigenvalue weighted by Crippen LogP contribution is -2.35. The second-order valence-electron chi connectivity index (χ2n) is 6.41. The number of ether oxygens (including phenoxy) is 1. The van der Waals surface area contributed by atoms with Crippen LogP contribution in [0.15, 0.2) is 29.2 Å². The van der Waals surface area contributed by atoms with Crippen molar-refractivity contribution < 1.29 is 22.7 Å². The van der Waals surface area contributed by atoms with E-state index in [-0.39, 0.29) is 29.0 Å². The summed E-state index contributed by atoms with van der Waals surface area (Å²) in [7, 11) is -3.52. The van der Waals surface area contributed by atoms with Crippen molar-refractivity contribution >= 4 is 21.9 Å². The van der Waals surface area contributed by atoms with Crippen LogP contribution in [0.4, 0.5) is 0 Å². The molecule has 1 N–H and O–H groups in total. The zero-order chi connectivity index (χ0) is 17.9. The van der Waals surface area contributed by atoms with Crippen molar-refractivity contribution in [3.63, 3.8) is 0 Å². The minimum Gasteiger partial charge on any atom is -0.452 e. The third-order valence-electron chi connectivity index (χ3n) is 4.32. The molecule has 0 bridgehead atoms. The fourth-order valence-corrected chi connectivity index (χ4v) is 4.25. The van der Waals surface area contributed by atoms with Crippen LogP contribution in [0.2, 0.25) is 0 Å². The van der Waals surface area contributed by atoms with Gasteiger partial charge in [0.1, 0.15) is 0 Å². The summed E-state index contributed by atoms with van der Waals surface area (Å²) in [5.74, 6) is -0.965. The van der Waals surface area contributed by atoms with Gasteiger partial charge in [0.05, 0.1) is 10.5 Å². The average Bonchev–Trinajstić information content (AvgIpc) is 3.44. The Bertz CT molecular complexity index is 735. The van der Waals surface area contributed by atoms with Crippen molar-refractivity contribution in [2.24, 2.45) is 0 Å². The first-order valence-electron chi connectivity index (χ1n) is 8.53. The summed E-state index contributed by atoms with van der Waals surface area (Å²) in [5.41, 5.74) is 0.219. The summed E-state index contributed by atoms with van der Waals surface area (Å²) in [5, 5.41) is 2.73. The zero-order valence-corrected chi connectivity index (χ0v) is 14.8. The number of carbonyl (C=O) groups is 2. The SMILES string of the molecule is O=C(COC(=O)c1ccc(S(=O)(=O)N2CCCCC2)cc1)NC1CC1. The summed E-state index contributed by atoms with van der Waals surface area (Å²) in [6.07, 6.45) is 4.71. The van der Waals surface area contributed by atoms with E-state index in [4.69, 9.17) is 4.74 Å². The standard InChI is InChI=1S/C17H22N2O5S/c20-16(18-14-6-7-14)12-24-17(21)13-4-8-15(9-5-13)25(22,23)19-10-2-1-3-11-19/h4-5,8-9,14H,1-3,6-7,10-12H2,(H,18,20). The highest BCUT2D eigenvalue weighted by Gasteiger charge is 2.26.